The molecule has 0 atom stereocenters. The normalized spacial score (nSPS) is 15.2. The minimum Gasteiger partial charge on any atom is -0.313 e. The highest BCUT2D eigenvalue weighted by Crippen LogP contribution is 2.46. The average Bonchev–Trinajstić information content (AvgIpc) is 3.71. The lowest BCUT2D eigenvalue weighted by atomic mass is 10.0. The van der Waals surface area contributed by atoms with E-state index in [1.165, 1.54) is 26.9 Å². The summed E-state index contributed by atoms with van der Waals surface area (Å²) < 4.78 is 29.4. The maximum Gasteiger partial charge on any atom is 0.264 e. The van der Waals surface area contributed by atoms with Gasteiger partial charge in [0.25, 0.3) is 15.9 Å². The van der Waals surface area contributed by atoms with Crippen LogP contribution < -0.4 is 9.62 Å². The Hall–Kier alpha value is -3.57. The standard InChI is InChI=1S/C31H28N4O3S3/c1-2-34-17-16-23-27(19-34)40-31(28(23)30-32-24-8-4-6-10-26(24)39-30)33-29(36)21-11-13-22(14-12-21)41(37,38)35-18-15-20-7-3-5-9-25(20)35/h3-14H,2,15-19H2,1H3,(H,33,36). The smallest absolute Gasteiger partial charge is 0.264 e. The van der Waals surface area contributed by atoms with Gasteiger partial charge in [-0.1, -0.05) is 37.3 Å². The second kappa shape index (κ2) is 10.4. The molecule has 0 saturated heterocycles. The van der Waals surface area contributed by atoms with Gasteiger partial charge in [-0.05, 0) is 73.0 Å². The Morgan fingerprint density at radius 3 is 2.54 bits per heavy atom. The number of aromatic nitrogens is 1. The molecule has 4 heterocycles. The van der Waals surface area contributed by atoms with Gasteiger partial charge in [0, 0.05) is 35.6 Å². The van der Waals surface area contributed by atoms with Crippen LogP contribution in [0.15, 0.2) is 77.7 Å². The number of carbonyl (C=O) groups excluding carboxylic acids is 1. The molecule has 7 rings (SSSR count). The van der Waals surface area contributed by atoms with Gasteiger partial charge in [0.2, 0.25) is 0 Å². The van der Waals surface area contributed by atoms with Crippen molar-refractivity contribution in [3.63, 3.8) is 0 Å². The van der Waals surface area contributed by atoms with Crippen LogP contribution in [-0.4, -0.2) is 43.8 Å². The average molecular weight is 601 g/mol. The highest BCUT2D eigenvalue weighted by atomic mass is 32.2. The number of fused-ring (bicyclic) bond motifs is 3. The number of nitrogens with one attached hydrogen (secondary N) is 1. The molecule has 0 radical (unpaired) electrons. The van der Waals surface area contributed by atoms with E-state index in [0.29, 0.717) is 18.5 Å². The second-order valence-corrected chi connectivity index (χ2v) is 14.2. The van der Waals surface area contributed by atoms with E-state index in [9.17, 15) is 13.2 Å². The van der Waals surface area contributed by atoms with Crippen LogP contribution in [0.3, 0.4) is 0 Å². The lowest BCUT2D eigenvalue weighted by Gasteiger charge is -2.25. The third kappa shape index (κ3) is 4.64. The minimum atomic E-state index is -3.73. The van der Waals surface area contributed by atoms with E-state index in [0.717, 1.165) is 63.1 Å². The number of benzene rings is 3. The lowest BCUT2D eigenvalue weighted by molar-refractivity contribution is 0.102. The predicted octanol–water partition coefficient (Wildman–Crippen LogP) is 6.41. The molecule has 3 aromatic carbocycles. The van der Waals surface area contributed by atoms with Gasteiger partial charge in [-0.15, -0.1) is 22.7 Å². The highest BCUT2D eigenvalue weighted by Gasteiger charge is 2.31. The first-order chi connectivity index (χ1) is 19.9. The summed E-state index contributed by atoms with van der Waals surface area (Å²) in [5.74, 6) is -0.270. The minimum absolute atomic E-state index is 0.173. The van der Waals surface area contributed by atoms with Crippen molar-refractivity contribution in [2.45, 2.75) is 31.2 Å². The van der Waals surface area contributed by atoms with Crippen LogP contribution in [0.4, 0.5) is 10.7 Å². The number of nitrogens with zero attached hydrogens (tertiary/aromatic N) is 3. The number of amides is 1. The Morgan fingerprint density at radius 1 is 0.951 bits per heavy atom. The molecule has 1 amide bonds. The summed E-state index contributed by atoms with van der Waals surface area (Å²) in [6.07, 6.45) is 1.60. The number of para-hydroxylation sites is 2. The van der Waals surface area contributed by atoms with Crippen molar-refractivity contribution in [3.05, 3.63) is 94.4 Å². The molecule has 0 bridgehead atoms. The number of carbonyl (C=O) groups is 1. The molecule has 7 nitrogen and oxygen atoms in total. The summed E-state index contributed by atoms with van der Waals surface area (Å²) in [7, 11) is -3.73. The van der Waals surface area contributed by atoms with Gasteiger partial charge in [-0.2, -0.15) is 0 Å². The van der Waals surface area contributed by atoms with Crippen LogP contribution in [0, 0.1) is 0 Å². The van der Waals surface area contributed by atoms with Gasteiger partial charge in [0.05, 0.1) is 20.8 Å². The molecule has 2 aromatic heterocycles. The number of anilines is 2. The van der Waals surface area contributed by atoms with Crippen molar-refractivity contribution < 1.29 is 13.2 Å². The third-order valence-electron chi connectivity index (χ3n) is 7.87. The van der Waals surface area contributed by atoms with Crippen molar-refractivity contribution in [1.29, 1.82) is 0 Å². The number of thiophene rings is 1. The van der Waals surface area contributed by atoms with Crippen molar-refractivity contribution >= 4 is 59.5 Å². The third-order valence-corrected chi connectivity index (χ3v) is 11.9. The quantitative estimate of drug-likeness (QED) is 0.244. The van der Waals surface area contributed by atoms with Crippen LogP contribution in [0.1, 0.15) is 33.3 Å². The van der Waals surface area contributed by atoms with Crippen molar-refractivity contribution in [2.75, 3.05) is 29.3 Å². The molecule has 1 N–H and O–H groups in total. The van der Waals surface area contributed by atoms with Gasteiger partial charge in [0.1, 0.15) is 10.0 Å². The van der Waals surface area contributed by atoms with E-state index in [2.05, 4.69) is 23.2 Å². The van der Waals surface area contributed by atoms with Gasteiger partial charge in [-0.25, -0.2) is 13.4 Å². The first kappa shape index (κ1) is 26.3. The summed E-state index contributed by atoms with van der Waals surface area (Å²) in [5.41, 5.74) is 5.39. The van der Waals surface area contributed by atoms with Crippen molar-refractivity contribution in [2.24, 2.45) is 0 Å². The van der Waals surface area contributed by atoms with Crippen LogP contribution in [0.2, 0.25) is 0 Å². The van der Waals surface area contributed by atoms with E-state index in [-0.39, 0.29) is 10.8 Å². The predicted molar refractivity (Wildman–Crippen MR) is 167 cm³/mol. The summed E-state index contributed by atoms with van der Waals surface area (Å²) in [5, 5.41) is 4.86. The number of sulfonamides is 1. The fourth-order valence-electron chi connectivity index (χ4n) is 5.66. The van der Waals surface area contributed by atoms with Crippen LogP contribution >= 0.6 is 22.7 Å². The Bertz CT molecular complexity index is 1860. The van der Waals surface area contributed by atoms with E-state index in [1.54, 1.807) is 34.8 Å². The van der Waals surface area contributed by atoms with Crippen LogP contribution in [0.5, 0.6) is 0 Å². The zero-order chi connectivity index (χ0) is 28.1. The number of hydrogen-bond acceptors (Lipinski definition) is 7. The van der Waals surface area contributed by atoms with E-state index < -0.39 is 10.0 Å². The Kier molecular flexibility index (Phi) is 6.66. The maximum atomic E-state index is 13.5. The molecule has 10 heteroatoms. The SMILES string of the molecule is CCN1CCc2c(sc(NC(=O)c3ccc(S(=O)(=O)N4CCc5ccccc54)cc3)c2-c2nc3ccccc3s2)C1. The summed E-state index contributed by atoms with van der Waals surface area (Å²) in [4.78, 5) is 22.3. The van der Waals surface area contributed by atoms with E-state index in [4.69, 9.17) is 4.98 Å². The molecule has 2 aliphatic heterocycles. The fourth-order valence-corrected chi connectivity index (χ4v) is 9.56. The maximum absolute atomic E-state index is 13.5. The molecule has 208 valence electrons. The largest absolute Gasteiger partial charge is 0.313 e. The Labute approximate surface area is 247 Å². The summed E-state index contributed by atoms with van der Waals surface area (Å²) in [6, 6.07) is 21.9. The molecule has 0 fully saturated rings. The zero-order valence-corrected chi connectivity index (χ0v) is 24.9. The zero-order valence-electron chi connectivity index (χ0n) is 22.5. The number of thiazole rings is 1. The molecule has 0 unspecified atom stereocenters. The van der Waals surface area contributed by atoms with Crippen LogP contribution in [-0.2, 0) is 29.4 Å². The summed E-state index contributed by atoms with van der Waals surface area (Å²) in [6.45, 7) is 5.40. The Balaban J connectivity index is 1.19. The van der Waals surface area contributed by atoms with Crippen molar-refractivity contribution in [1.82, 2.24) is 9.88 Å². The molecular formula is C31H28N4O3S3. The van der Waals surface area contributed by atoms with Gasteiger partial charge in [0.15, 0.2) is 0 Å². The second-order valence-electron chi connectivity index (χ2n) is 10.2. The van der Waals surface area contributed by atoms with E-state index in [1.807, 2.05) is 42.5 Å². The summed E-state index contributed by atoms with van der Waals surface area (Å²) >= 11 is 3.26. The molecule has 0 aliphatic carbocycles. The first-order valence-corrected chi connectivity index (χ1v) is 16.7. The van der Waals surface area contributed by atoms with Gasteiger partial charge < -0.3 is 5.32 Å². The number of likely N-dealkylation sites (N-methyl/N-ethyl adjacent to an activating group) is 1. The lowest BCUT2D eigenvalue weighted by Crippen LogP contribution is -2.29. The molecular weight excluding hydrogens is 573 g/mol. The molecule has 0 saturated carbocycles. The first-order valence-electron chi connectivity index (χ1n) is 13.7. The number of hydrogen-bond donors (Lipinski definition) is 1. The molecule has 0 spiro atoms. The van der Waals surface area contributed by atoms with E-state index >= 15 is 0 Å². The fraction of sp³-hybridized carbons (Fsp3) is 0.226. The Morgan fingerprint density at radius 2 is 1.73 bits per heavy atom. The van der Waals surface area contributed by atoms with Crippen LogP contribution in [0.25, 0.3) is 20.8 Å². The monoisotopic (exact) mass is 600 g/mol. The molecule has 41 heavy (non-hydrogen) atoms. The molecule has 5 aromatic rings. The number of rotatable bonds is 6. The topological polar surface area (TPSA) is 82.6 Å². The van der Waals surface area contributed by atoms with Gasteiger partial charge in [-0.3, -0.25) is 14.0 Å². The van der Waals surface area contributed by atoms with Gasteiger partial charge >= 0.3 is 0 Å². The highest BCUT2D eigenvalue weighted by molar-refractivity contribution is 7.92. The van der Waals surface area contributed by atoms with Crippen molar-refractivity contribution in [3.8, 4) is 10.6 Å². The molecule has 2 aliphatic rings.